The van der Waals surface area contributed by atoms with Gasteiger partial charge in [0.15, 0.2) is 0 Å². The Labute approximate surface area is 122 Å². The molecule has 0 unspecified atom stereocenters. The lowest BCUT2D eigenvalue weighted by Gasteiger charge is -2.36. The number of imidazole rings is 1. The fourth-order valence-electron chi connectivity index (χ4n) is 3.10. The van der Waals surface area contributed by atoms with E-state index < -0.39 is 0 Å². The van der Waals surface area contributed by atoms with Crippen LogP contribution in [0, 0.1) is 5.41 Å². The van der Waals surface area contributed by atoms with Crippen LogP contribution in [0.2, 0.25) is 0 Å². The first kappa shape index (κ1) is 15.5. The number of hydrogen-bond donors (Lipinski definition) is 1. The Balaban J connectivity index is 2.12. The highest BCUT2D eigenvalue weighted by Gasteiger charge is 2.32. The first-order valence-corrected chi connectivity index (χ1v) is 7.67. The van der Waals surface area contributed by atoms with Gasteiger partial charge in [-0.1, -0.05) is 20.8 Å². The van der Waals surface area contributed by atoms with Gasteiger partial charge < -0.3 is 14.6 Å². The molecule has 114 valence electrons. The van der Waals surface area contributed by atoms with Crippen molar-refractivity contribution in [2.45, 2.75) is 52.0 Å². The van der Waals surface area contributed by atoms with Crippen LogP contribution < -0.4 is 5.32 Å². The van der Waals surface area contributed by atoms with Gasteiger partial charge in [-0.2, -0.15) is 0 Å². The third kappa shape index (κ3) is 3.61. The van der Waals surface area contributed by atoms with E-state index in [4.69, 9.17) is 4.74 Å². The molecule has 1 aromatic heterocycles. The molecule has 1 aliphatic rings. The predicted molar refractivity (Wildman–Crippen MR) is 82.0 cm³/mol. The fourth-order valence-corrected chi connectivity index (χ4v) is 3.10. The van der Waals surface area contributed by atoms with Crippen molar-refractivity contribution in [1.82, 2.24) is 14.9 Å². The lowest BCUT2D eigenvalue weighted by molar-refractivity contribution is 0.140. The van der Waals surface area contributed by atoms with Crippen LogP contribution in [0.4, 0.5) is 0 Å². The van der Waals surface area contributed by atoms with Crippen molar-refractivity contribution in [3.63, 3.8) is 0 Å². The molecule has 0 bridgehead atoms. The van der Waals surface area contributed by atoms with E-state index >= 15 is 0 Å². The van der Waals surface area contributed by atoms with Crippen LogP contribution in [0.5, 0.6) is 0 Å². The summed E-state index contributed by atoms with van der Waals surface area (Å²) in [6.45, 7) is 11.0. The monoisotopic (exact) mass is 279 g/mol. The second-order valence-corrected chi connectivity index (χ2v) is 7.12. The van der Waals surface area contributed by atoms with Crippen LogP contribution in [-0.2, 0) is 16.7 Å². The van der Waals surface area contributed by atoms with Gasteiger partial charge in [-0.3, -0.25) is 0 Å². The van der Waals surface area contributed by atoms with Crippen LogP contribution in [0.1, 0.15) is 45.7 Å². The average molecular weight is 279 g/mol. The zero-order valence-electron chi connectivity index (χ0n) is 13.4. The summed E-state index contributed by atoms with van der Waals surface area (Å²) in [5.41, 5.74) is 1.89. The lowest BCUT2D eigenvalue weighted by atomic mass is 9.78. The highest BCUT2D eigenvalue weighted by molar-refractivity contribution is 5.15. The Bertz CT molecular complexity index is 419. The molecule has 1 aromatic rings. The quantitative estimate of drug-likeness (QED) is 0.870. The number of piperidine rings is 1. The summed E-state index contributed by atoms with van der Waals surface area (Å²) in [5, 5.41) is 3.45. The normalized spacial score (nSPS) is 19.2. The van der Waals surface area contributed by atoms with Gasteiger partial charge in [0.1, 0.15) is 0 Å². The predicted octanol–water partition coefficient (Wildman–Crippen LogP) is 2.59. The molecule has 20 heavy (non-hydrogen) atoms. The minimum absolute atomic E-state index is 0.231. The van der Waals surface area contributed by atoms with Gasteiger partial charge in [-0.05, 0) is 37.8 Å². The van der Waals surface area contributed by atoms with E-state index in [1.807, 2.05) is 6.33 Å². The summed E-state index contributed by atoms with van der Waals surface area (Å²) in [5.74, 6) is 0. The van der Waals surface area contributed by atoms with Crippen molar-refractivity contribution in [1.29, 1.82) is 0 Å². The molecule has 2 rings (SSSR count). The molecule has 4 nitrogen and oxygen atoms in total. The summed E-state index contributed by atoms with van der Waals surface area (Å²) < 4.78 is 7.59. The number of nitrogens with one attached hydrogen (secondary N) is 1. The second-order valence-electron chi connectivity index (χ2n) is 7.12. The van der Waals surface area contributed by atoms with Crippen LogP contribution in [0.3, 0.4) is 0 Å². The van der Waals surface area contributed by atoms with Gasteiger partial charge in [0.05, 0.1) is 6.33 Å². The molecule has 2 heterocycles. The minimum Gasteiger partial charge on any atom is -0.385 e. The van der Waals surface area contributed by atoms with Crippen LogP contribution in [-0.4, -0.2) is 36.4 Å². The molecule has 0 spiro atoms. The molecule has 0 atom stereocenters. The molecule has 1 fully saturated rings. The van der Waals surface area contributed by atoms with Crippen molar-refractivity contribution in [3.05, 3.63) is 18.2 Å². The number of aromatic nitrogens is 2. The molecule has 1 aliphatic heterocycles. The smallest absolute Gasteiger partial charge is 0.0948 e. The Kier molecular flexibility index (Phi) is 4.86. The van der Waals surface area contributed by atoms with Crippen molar-refractivity contribution >= 4 is 0 Å². The summed E-state index contributed by atoms with van der Waals surface area (Å²) in [7, 11) is 1.77. The van der Waals surface area contributed by atoms with E-state index in [2.05, 4.69) is 41.8 Å². The average Bonchev–Trinajstić information content (AvgIpc) is 2.85. The molecule has 1 N–H and O–H groups in total. The van der Waals surface area contributed by atoms with E-state index in [0.717, 1.165) is 32.7 Å². The first-order valence-electron chi connectivity index (χ1n) is 7.67. The second kappa shape index (κ2) is 6.27. The molecular formula is C16H29N3O. The molecule has 0 saturated carbocycles. The third-order valence-corrected chi connectivity index (χ3v) is 4.62. The first-order chi connectivity index (χ1) is 9.47. The number of nitrogens with zero attached hydrogens (tertiary/aromatic N) is 2. The summed E-state index contributed by atoms with van der Waals surface area (Å²) in [4.78, 5) is 4.42. The van der Waals surface area contributed by atoms with Crippen LogP contribution >= 0.6 is 0 Å². The molecular weight excluding hydrogens is 250 g/mol. The Morgan fingerprint density at radius 3 is 2.75 bits per heavy atom. The van der Waals surface area contributed by atoms with Crippen molar-refractivity contribution < 1.29 is 4.74 Å². The maximum absolute atomic E-state index is 5.23. The Morgan fingerprint density at radius 1 is 1.40 bits per heavy atom. The molecule has 0 aliphatic carbocycles. The number of ether oxygens (including phenoxy) is 1. The van der Waals surface area contributed by atoms with E-state index in [1.54, 1.807) is 7.11 Å². The third-order valence-electron chi connectivity index (χ3n) is 4.62. The summed E-state index contributed by atoms with van der Waals surface area (Å²) >= 11 is 0. The van der Waals surface area contributed by atoms with Crippen LogP contribution in [0.25, 0.3) is 0 Å². The highest BCUT2D eigenvalue weighted by atomic mass is 16.5. The molecule has 1 saturated heterocycles. The van der Waals surface area contributed by atoms with Crippen molar-refractivity contribution in [3.8, 4) is 0 Å². The van der Waals surface area contributed by atoms with Gasteiger partial charge in [-0.15, -0.1) is 0 Å². The largest absolute Gasteiger partial charge is 0.385 e. The van der Waals surface area contributed by atoms with Gasteiger partial charge in [0, 0.05) is 37.6 Å². The van der Waals surface area contributed by atoms with Gasteiger partial charge in [-0.25, -0.2) is 4.98 Å². The van der Waals surface area contributed by atoms with Gasteiger partial charge in [0.25, 0.3) is 0 Å². The van der Waals surface area contributed by atoms with E-state index in [0.29, 0.717) is 0 Å². The minimum atomic E-state index is 0.231. The maximum Gasteiger partial charge on any atom is 0.0948 e. The zero-order valence-corrected chi connectivity index (χ0v) is 13.4. The molecule has 0 aromatic carbocycles. The SMILES string of the molecule is COCCC(C)(C)Cn1cncc1C1(C)CCNCC1. The Morgan fingerprint density at radius 2 is 2.10 bits per heavy atom. The zero-order chi connectivity index (χ0) is 14.6. The maximum atomic E-state index is 5.23. The molecule has 4 heteroatoms. The summed E-state index contributed by atoms with van der Waals surface area (Å²) in [6.07, 6.45) is 7.52. The van der Waals surface area contributed by atoms with E-state index in [9.17, 15) is 0 Å². The standard InChI is InChI=1S/C16H29N3O/c1-15(2,7-10-20-4)12-19-13-18-11-14(19)16(3)5-8-17-9-6-16/h11,13,17H,5-10,12H2,1-4H3. The summed E-state index contributed by atoms with van der Waals surface area (Å²) in [6, 6.07) is 0. The highest BCUT2D eigenvalue weighted by Crippen LogP contribution is 2.34. The van der Waals surface area contributed by atoms with Crippen LogP contribution in [0.15, 0.2) is 12.5 Å². The Hall–Kier alpha value is -0.870. The fraction of sp³-hybridized carbons (Fsp3) is 0.812. The van der Waals surface area contributed by atoms with Gasteiger partial charge in [0.2, 0.25) is 0 Å². The number of rotatable bonds is 6. The molecule has 0 radical (unpaired) electrons. The van der Waals surface area contributed by atoms with Crippen molar-refractivity contribution in [2.24, 2.45) is 5.41 Å². The van der Waals surface area contributed by atoms with Crippen molar-refractivity contribution in [2.75, 3.05) is 26.8 Å². The number of methoxy groups -OCH3 is 1. The number of hydrogen-bond acceptors (Lipinski definition) is 3. The lowest BCUT2D eigenvalue weighted by Crippen LogP contribution is -2.39. The van der Waals surface area contributed by atoms with Gasteiger partial charge >= 0.3 is 0 Å². The van der Waals surface area contributed by atoms with E-state index in [-0.39, 0.29) is 10.8 Å². The topological polar surface area (TPSA) is 39.1 Å². The van der Waals surface area contributed by atoms with E-state index in [1.165, 1.54) is 18.5 Å². The molecule has 0 amide bonds.